The number of nitrogens with zero attached hydrogens (tertiary/aromatic N) is 1. The van der Waals surface area contributed by atoms with E-state index in [1.807, 2.05) is 36.4 Å². The van der Waals surface area contributed by atoms with Gasteiger partial charge in [-0.2, -0.15) is 0 Å². The van der Waals surface area contributed by atoms with Gasteiger partial charge in [0.2, 0.25) is 5.90 Å². The zero-order chi connectivity index (χ0) is 15.7. The normalized spacial score (nSPS) is 18.1. The summed E-state index contributed by atoms with van der Waals surface area (Å²) in [5.74, 6) is 1.69. The van der Waals surface area contributed by atoms with Crippen molar-refractivity contribution >= 4 is 48.0 Å². The van der Waals surface area contributed by atoms with Crippen LogP contribution >= 0.6 is 22.6 Å². The number of hydrogen-bond acceptors (Lipinski definition) is 2. The number of halogens is 1. The Bertz CT molecular complexity index is 760. The molecule has 3 rings (SSSR count). The van der Waals surface area contributed by atoms with Crippen molar-refractivity contribution in [2.75, 3.05) is 0 Å². The molecule has 0 saturated heterocycles. The minimum atomic E-state index is -1.43. The molecule has 0 aromatic heterocycles. The first-order chi connectivity index (χ1) is 10.5. The smallest absolute Gasteiger partial charge is 0.227 e. The summed E-state index contributed by atoms with van der Waals surface area (Å²) in [6.07, 6.45) is 0. The number of para-hydroxylation sites is 1. The van der Waals surface area contributed by atoms with Gasteiger partial charge in [-0.1, -0.05) is 78.6 Å². The van der Waals surface area contributed by atoms with Gasteiger partial charge in [0.25, 0.3) is 0 Å². The Morgan fingerprint density at radius 3 is 2.14 bits per heavy atom. The van der Waals surface area contributed by atoms with E-state index in [4.69, 9.17) is 4.74 Å². The summed E-state index contributed by atoms with van der Waals surface area (Å²) in [5, 5.41) is 0. The van der Waals surface area contributed by atoms with Crippen molar-refractivity contribution in [2.45, 2.75) is 19.6 Å². The predicted octanol–water partition coefficient (Wildman–Crippen LogP) is 5.78. The van der Waals surface area contributed by atoms with Crippen LogP contribution in [-0.2, 0) is 4.74 Å². The number of aliphatic imine (C=N–C) groups is 1. The molecule has 0 N–H and O–H groups in total. The summed E-state index contributed by atoms with van der Waals surface area (Å²) >= 11 is 2.45. The quantitative estimate of drug-likeness (QED) is 0.447. The number of benzene rings is 2. The van der Waals surface area contributed by atoms with Gasteiger partial charge < -0.3 is 4.74 Å². The van der Waals surface area contributed by atoms with Crippen molar-refractivity contribution in [1.82, 2.24) is 0 Å². The van der Waals surface area contributed by atoms with E-state index in [0.29, 0.717) is 5.90 Å². The second-order valence-corrected chi connectivity index (χ2v) is 13.4. The first kappa shape index (κ1) is 15.5. The Hall–Kier alpha value is -1.40. The van der Waals surface area contributed by atoms with Crippen LogP contribution < -0.4 is 0 Å². The van der Waals surface area contributed by atoms with Gasteiger partial charge in [-0.15, -0.1) is 0 Å². The Morgan fingerprint density at radius 2 is 1.50 bits per heavy atom. The van der Waals surface area contributed by atoms with E-state index in [2.05, 4.69) is 65.4 Å². The lowest BCUT2D eigenvalue weighted by molar-refractivity contribution is 0.526. The molecule has 2 aromatic rings. The van der Waals surface area contributed by atoms with E-state index < -0.39 is 8.07 Å². The van der Waals surface area contributed by atoms with Crippen molar-refractivity contribution in [3.05, 3.63) is 68.9 Å². The maximum atomic E-state index is 6.18. The van der Waals surface area contributed by atoms with Crippen molar-refractivity contribution in [1.29, 1.82) is 0 Å². The first-order valence-corrected chi connectivity index (χ1v) is 11.9. The molecule has 0 amide bonds. The maximum absolute atomic E-state index is 6.18. The van der Waals surface area contributed by atoms with Gasteiger partial charge in [0.1, 0.15) is 5.76 Å². The first-order valence-electron chi connectivity index (χ1n) is 7.28. The summed E-state index contributed by atoms with van der Waals surface area (Å²) in [6.45, 7) is 7.00. The molecule has 1 aliphatic heterocycles. The molecule has 2 nitrogen and oxygen atoms in total. The van der Waals surface area contributed by atoms with Gasteiger partial charge >= 0.3 is 0 Å². The number of fused-ring (bicyclic) bond motifs is 1. The standard InChI is InChI=1S/C18H18INOSi/c1-22(2,3)17(19)16-14-11-7-8-12-15(14)18(21-16)20-13-9-5-4-6-10-13/h4-12H,1-3H3/b17-16-,20-18?. The fourth-order valence-electron chi connectivity index (χ4n) is 2.28. The molecule has 0 spiro atoms. The Kier molecular flexibility index (Phi) is 4.23. The van der Waals surface area contributed by atoms with Crippen LogP contribution in [0.25, 0.3) is 5.76 Å². The minimum Gasteiger partial charge on any atom is -0.437 e. The molecule has 22 heavy (non-hydrogen) atoms. The van der Waals surface area contributed by atoms with Crippen molar-refractivity contribution in [3.63, 3.8) is 0 Å². The Morgan fingerprint density at radius 1 is 0.909 bits per heavy atom. The lowest BCUT2D eigenvalue weighted by atomic mass is 10.1. The third-order valence-electron chi connectivity index (χ3n) is 3.45. The molecular weight excluding hydrogens is 401 g/mol. The van der Waals surface area contributed by atoms with Crippen LogP contribution in [0.2, 0.25) is 19.6 Å². The zero-order valence-corrected chi connectivity index (χ0v) is 16.1. The highest BCUT2D eigenvalue weighted by atomic mass is 127. The SMILES string of the molecule is C[Si](C)(C)/C(I)=C1\OC(=Nc2ccccc2)c2ccccc21. The summed E-state index contributed by atoms with van der Waals surface area (Å²) in [6, 6.07) is 18.2. The van der Waals surface area contributed by atoms with Crippen LogP contribution in [0.5, 0.6) is 0 Å². The molecule has 112 valence electrons. The second kappa shape index (κ2) is 6.00. The molecule has 0 unspecified atom stereocenters. The Labute approximate surface area is 146 Å². The molecular formula is C18H18INOSi. The summed E-state index contributed by atoms with van der Waals surface area (Å²) in [4.78, 5) is 4.69. The van der Waals surface area contributed by atoms with E-state index in [-0.39, 0.29) is 0 Å². The minimum absolute atomic E-state index is 0.698. The highest BCUT2D eigenvalue weighted by Gasteiger charge is 2.31. The largest absolute Gasteiger partial charge is 0.437 e. The fourth-order valence-corrected chi connectivity index (χ4v) is 3.55. The van der Waals surface area contributed by atoms with Crippen molar-refractivity contribution < 1.29 is 4.74 Å². The van der Waals surface area contributed by atoms with E-state index in [1.165, 1.54) is 3.20 Å². The number of ether oxygens (including phenoxy) is 1. The third kappa shape index (κ3) is 3.03. The zero-order valence-electron chi connectivity index (χ0n) is 12.9. The number of hydrogen-bond donors (Lipinski definition) is 0. The summed E-state index contributed by atoms with van der Waals surface area (Å²) in [5.41, 5.74) is 3.15. The molecule has 0 radical (unpaired) electrons. The molecule has 0 bridgehead atoms. The lowest BCUT2D eigenvalue weighted by Crippen LogP contribution is -2.21. The van der Waals surface area contributed by atoms with Crippen molar-refractivity contribution in [3.8, 4) is 0 Å². The van der Waals surface area contributed by atoms with Gasteiger partial charge in [-0.05, 0) is 18.2 Å². The van der Waals surface area contributed by atoms with Crippen LogP contribution in [-0.4, -0.2) is 14.0 Å². The third-order valence-corrected chi connectivity index (χ3v) is 10.3. The van der Waals surface area contributed by atoms with E-state index in [0.717, 1.165) is 22.6 Å². The van der Waals surface area contributed by atoms with Crippen molar-refractivity contribution in [2.24, 2.45) is 4.99 Å². The fraction of sp³-hybridized carbons (Fsp3) is 0.167. The van der Waals surface area contributed by atoms with E-state index >= 15 is 0 Å². The van der Waals surface area contributed by atoms with Gasteiger partial charge in [-0.25, -0.2) is 4.99 Å². The molecule has 0 aliphatic carbocycles. The van der Waals surface area contributed by atoms with E-state index in [1.54, 1.807) is 0 Å². The average molecular weight is 419 g/mol. The molecule has 0 saturated carbocycles. The van der Waals surface area contributed by atoms with Gasteiger partial charge in [0, 0.05) is 14.3 Å². The van der Waals surface area contributed by atoms with Gasteiger partial charge in [-0.3, -0.25) is 0 Å². The van der Waals surface area contributed by atoms with Crippen LogP contribution in [0.4, 0.5) is 5.69 Å². The van der Waals surface area contributed by atoms with Crippen LogP contribution in [0.1, 0.15) is 11.1 Å². The topological polar surface area (TPSA) is 21.6 Å². The summed E-state index contributed by atoms with van der Waals surface area (Å²) < 4.78 is 7.52. The lowest BCUT2D eigenvalue weighted by Gasteiger charge is -2.17. The van der Waals surface area contributed by atoms with Crippen LogP contribution in [0.15, 0.2) is 62.8 Å². The highest BCUT2D eigenvalue weighted by molar-refractivity contribution is 14.1. The molecule has 4 heteroatoms. The summed E-state index contributed by atoms with van der Waals surface area (Å²) in [7, 11) is -1.43. The van der Waals surface area contributed by atoms with Gasteiger partial charge in [0.15, 0.2) is 0 Å². The predicted molar refractivity (Wildman–Crippen MR) is 104 cm³/mol. The van der Waals surface area contributed by atoms with Crippen LogP contribution in [0.3, 0.4) is 0 Å². The Balaban J connectivity index is 2.13. The maximum Gasteiger partial charge on any atom is 0.227 e. The highest BCUT2D eigenvalue weighted by Crippen LogP contribution is 2.38. The van der Waals surface area contributed by atoms with Gasteiger partial charge in [0.05, 0.1) is 13.8 Å². The average Bonchev–Trinajstić information content (AvgIpc) is 2.85. The van der Waals surface area contributed by atoms with Crippen LogP contribution in [0, 0.1) is 0 Å². The molecule has 0 fully saturated rings. The molecule has 0 atom stereocenters. The molecule has 2 aromatic carbocycles. The van der Waals surface area contributed by atoms with E-state index in [9.17, 15) is 0 Å². The monoisotopic (exact) mass is 419 g/mol. The molecule has 1 aliphatic rings. The number of rotatable bonds is 2. The molecule has 1 heterocycles. The second-order valence-electron chi connectivity index (χ2n) is 6.29.